The molecule has 0 fully saturated rings. The lowest BCUT2D eigenvalue weighted by Gasteiger charge is -2.08. The van der Waals surface area contributed by atoms with Crippen LogP contribution in [0.5, 0.6) is 0 Å². The average molecular weight is 321 g/mol. The van der Waals surface area contributed by atoms with Gasteiger partial charge in [-0.3, -0.25) is 9.59 Å². The Morgan fingerprint density at radius 3 is 2.52 bits per heavy atom. The number of carbonyl (C=O) groups is 2. The molecule has 0 aromatic rings. The minimum Gasteiger partial charge on any atom is -0.467 e. The summed E-state index contributed by atoms with van der Waals surface area (Å²) in [4.78, 5) is 27.6. The van der Waals surface area contributed by atoms with E-state index in [1.54, 1.807) is 6.08 Å². The third-order valence-electron chi connectivity index (χ3n) is 4.02. The van der Waals surface area contributed by atoms with Gasteiger partial charge in [0.05, 0.1) is 6.42 Å². The Bertz CT molecular complexity index is 452. The lowest BCUT2D eigenvalue weighted by molar-refractivity contribution is -0.123. The minimum atomic E-state index is -0.471. The topological polar surface area (TPSA) is 55.7 Å². The third-order valence-corrected chi connectivity index (χ3v) is 4.02. The summed E-state index contributed by atoms with van der Waals surface area (Å²) in [5, 5.41) is 0. The number of hydrogen-bond acceptors (Lipinski definition) is 3. The van der Waals surface area contributed by atoms with Gasteiger partial charge in [-0.15, -0.1) is 0 Å². The van der Waals surface area contributed by atoms with Crippen LogP contribution in [-0.4, -0.2) is 23.7 Å². The molecule has 1 rings (SSSR count). The summed E-state index contributed by atoms with van der Waals surface area (Å²) in [6, 6.07) is 0. The van der Waals surface area contributed by atoms with Crippen molar-refractivity contribution in [1.29, 1.82) is 0 Å². The summed E-state index contributed by atoms with van der Waals surface area (Å²) >= 11 is 0. The van der Waals surface area contributed by atoms with Crippen molar-refractivity contribution in [1.82, 2.24) is 0 Å². The summed E-state index contributed by atoms with van der Waals surface area (Å²) in [5.41, 5.74) is 1.10. The normalized spacial score (nSPS) is 18.0. The van der Waals surface area contributed by atoms with E-state index in [9.17, 15) is 9.59 Å². The predicted molar refractivity (Wildman–Crippen MR) is 93.6 cm³/mol. The van der Waals surface area contributed by atoms with Crippen LogP contribution in [0.2, 0.25) is 0 Å². The lowest BCUT2D eigenvalue weighted by Crippen LogP contribution is -2.18. The molecule has 1 unspecified atom stereocenters. The average Bonchev–Trinajstić information content (AvgIpc) is 2.84. The highest BCUT2D eigenvalue weighted by molar-refractivity contribution is 6.09. The molecule has 1 aliphatic rings. The quantitative estimate of drug-likeness (QED) is 0.384. The molecule has 0 aromatic heterocycles. The molecule has 1 aliphatic heterocycles. The zero-order valence-electron chi connectivity index (χ0n) is 14.9. The second-order valence-electron chi connectivity index (χ2n) is 6.39. The first kappa shape index (κ1) is 19.6. The van der Waals surface area contributed by atoms with Crippen molar-refractivity contribution in [3.05, 3.63) is 11.6 Å². The van der Waals surface area contributed by atoms with E-state index in [0.717, 1.165) is 31.3 Å². The van der Waals surface area contributed by atoms with Gasteiger partial charge in [-0.1, -0.05) is 51.5 Å². The molecule has 0 bridgehead atoms. The maximum Gasteiger partial charge on any atom is 0.289 e. The fourth-order valence-corrected chi connectivity index (χ4v) is 2.64. The van der Waals surface area contributed by atoms with Gasteiger partial charge in [0.1, 0.15) is 0 Å². The third kappa shape index (κ3) is 8.10. The van der Waals surface area contributed by atoms with Crippen LogP contribution in [0.3, 0.4) is 0 Å². The number of amides is 1. The van der Waals surface area contributed by atoms with Crippen molar-refractivity contribution >= 4 is 17.6 Å². The molecule has 0 aromatic carbocycles. The Kier molecular flexibility index (Phi) is 9.49. The van der Waals surface area contributed by atoms with E-state index in [0.29, 0.717) is 6.42 Å². The Morgan fingerprint density at radius 1 is 1.13 bits per heavy atom. The molecule has 1 atom stereocenters. The molecule has 0 N–H and O–H groups in total. The fraction of sp³-hybridized carbons (Fsp3) is 0.737. The summed E-state index contributed by atoms with van der Waals surface area (Å²) in [5.74, 6) is 0.0183. The maximum absolute atomic E-state index is 12.0. The molecule has 23 heavy (non-hydrogen) atoms. The molecular formula is C19H31NO3. The summed E-state index contributed by atoms with van der Waals surface area (Å²) < 4.78 is 5.50. The molecule has 4 nitrogen and oxygen atoms in total. The monoisotopic (exact) mass is 321 g/mol. The van der Waals surface area contributed by atoms with Crippen molar-refractivity contribution in [2.24, 2.45) is 4.99 Å². The van der Waals surface area contributed by atoms with E-state index in [1.165, 1.54) is 25.7 Å². The first-order valence-corrected chi connectivity index (χ1v) is 9.04. The highest BCUT2D eigenvalue weighted by Gasteiger charge is 2.28. The maximum atomic E-state index is 12.0. The lowest BCUT2D eigenvalue weighted by atomic mass is 10.1. The van der Waals surface area contributed by atoms with Crippen LogP contribution < -0.4 is 0 Å². The predicted octanol–water partition coefficient (Wildman–Crippen LogP) is 4.77. The first-order chi connectivity index (χ1) is 11.1. The van der Waals surface area contributed by atoms with Crippen LogP contribution in [-0.2, 0) is 14.3 Å². The van der Waals surface area contributed by atoms with Crippen molar-refractivity contribution in [2.75, 3.05) is 0 Å². The van der Waals surface area contributed by atoms with Crippen LogP contribution >= 0.6 is 0 Å². The van der Waals surface area contributed by atoms with Crippen LogP contribution in [0, 0.1) is 0 Å². The van der Waals surface area contributed by atoms with E-state index < -0.39 is 6.10 Å². The first-order valence-electron chi connectivity index (χ1n) is 9.04. The summed E-state index contributed by atoms with van der Waals surface area (Å²) in [6.45, 7) is 6.26. The number of ketones is 1. The number of allylic oxidation sites excluding steroid dienone is 2. The van der Waals surface area contributed by atoms with Gasteiger partial charge < -0.3 is 4.74 Å². The Hall–Kier alpha value is -1.45. The number of carbonyl (C=O) groups excluding carboxylic acids is 2. The largest absolute Gasteiger partial charge is 0.467 e. The molecule has 4 heteroatoms. The van der Waals surface area contributed by atoms with E-state index in [2.05, 4.69) is 18.8 Å². The molecule has 0 spiro atoms. The molecule has 0 aliphatic carbocycles. The Balaban J connectivity index is 2.31. The highest BCUT2D eigenvalue weighted by atomic mass is 16.5. The van der Waals surface area contributed by atoms with Gasteiger partial charge in [0, 0.05) is 0 Å². The highest BCUT2D eigenvalue weighted by Crippen LogP contribution is 2.16. The Labute approximate surface area is 140 Å². The second-order valence-corrected chi connectivity index (χ2v) is 6.39. The van der Waals surface area contributed by atoms with Gasteiger partial charge in [0.2, 0.25) is 0 Å². The second kappa shape index (κ2) is 11.1. The molecule has 130 valence electrons. The molecule has 0 saturated heterocycles. The Morgan fingerprint density at radius 2 is 1.83 bits per heavy atom. The van der Waals surface area contributed by atoms with Crippen molar-refractivity contribution in [2.45, 2.75) is 91.1 Å². The SMILES string of the molecule is CCCCCCCC(C)=CC(=O)CC1=NC(=O)C(CCCC)O1. The standard InChI is InChI=1S/C19H31NO3/c1-4-6-8-9-10-11-15(3)13-16(21)14-18-20-19(22)17(23-18)12-7-5-2/h13,17H,4-12,14H2,1-3H3. The van der Waals surface area contributed by atoms with Crippen LogP contribution in [0.1, 0.15) is 85.0 Å². The molecule has 0 saturated carbocycles. The number of rotatable bonds is 12. The minimum absolute atomic E-state index is 0.0289. The molecule has 1 amide bonds. The van der Waals surface area contributed by atoms with Crippen LogP contribution in [0.4, 0.5) is 0 Å². The van der Waals surface area contributed by atoms with Crippen LogP contribution in [0.15, 0.2) is 16.6 Å². The number of ether oxygens (including phenoxy) is 1. The molecule has 1 heterocycles. The summed E-state index contributed by atoms with van der Waals surface area (Å²) in [7, 11) is 0. The van der Waals surface area contributed by atoms with Crippen LogP contribution in [0.25, 0.3) is 0 Å². The zero-order chi connectivity index (χ0) is 17.1. The van der Waals surface area contributed by atoms with Crippen molar-refractivity contribution in [3.8, 4) is 0 Å². The van der Waals surface area contributed by atoms with Crippen molar-refractivity contribution in [3.63, 3.8) is 0 Å². The van der Waals surface area contributed by atoms with Gasteiger partial charge in [-0.25, -0.2) is 0 Å². The van der Waals surface area contributed by atoms with E-state index in [-0.39, 0.29) is 24.0 Å². The summed E-state index contributed by atoms with van der Waals surface area (Å²) in [6.07, 6.45) is 11.0. The fourth-order valence-electron chi connectivity index (χ4n) is 2.64. The number of aliphatic imine (C=N–C) groups is 1. The smallest absolute Gasteiger partial charge is 0.289 e. The molecule has 0 radical (unpaired) electrons. The van der Waals surface area contributed by atoms with Crippen molar-refractivity contribution < 1.29 is 14.3 Å². The van der Waals surface area contributed by atoms with Gasteiger partial charge in [-0.2, -0.15) is 4.99 Å². The van der Waals surface area contributed by atoms with Gasteiger partial charge in [0.25, 0.3) is 5.91 Å². The van der Waals surface area contributed by atoms with Gasteiger partial charge in [0.15, 0.2) is 17.8 Å². The van der Waals surface area contributed by atoms with E-state index >= 15 is 0 Å². The number of hydrogen-bond donors (Lipinski definition) is 0. The van der Waals surface area contributed by atoms with E-state index in [1.807, 2.05) is 6.92 Å². The number of unbranched alkanes of at least 4 members (excludes halogenated alkanes) is 5. The number of nitrogens with zero attached hydrogens (tertiary/aromatic N) is 1. The molecular weight excluding hydrogens is 290 g/mol. The van der Waals surface area contributed by atoms with Gasteiger partial charge in [-0.05, 0) is 38.7 Å². The van der Waals surface area contributed by atoms with Gasteiger partial charge >= 0.3 is 0 Å². The van der Waals surface area contributed by atoms with E-state index in [4.69, 9.17) is 4.74 Å². The zero-order valence-corrected chi connectivity index (χ0v) is 14.9.